The highest BCUT2D eigenvalue weighted by Gasteiger charge is 2.01. The van der Waals surface area contributed by atoms with Crippen LogP contribution in [-0.2, 0) is 6.54 Å². The van der Waals surface area contributed by atoms with Crippen molar-refractivity contribution in [2.45, 2.75) is 6.54 Å². The number of aliphatic imine (C=N–C) groups is 1. The van der Waals surface area contributed by atoms with E-state index in [-0.39, 0.29) is 0 Å². The number of ether oxygens (including phenoxy) is 1. The lowest BCUT2D eigenvalue weighted by atomic mass is 10.2. The first-order chi connectivity index (χ1) is 12.8. The molecule has 0 saturated carbocycles. The largest absolute Gasteiger partial charge is 0.439 e. The Morgan fingerprint density at radius 3 is 2.08 bits per heavy atom. The first-order valence-electron chi connectivity index (χ1n) is 8.58. The van der Waals surface area contributed by atoms with Gasteiger partial charge in [0.25, 0.3) is 0 Å². The van der Waals surface area contributed by atoms with Crippen LogP contribution in [0.4, 0.5) is 5.69 Å². The van der Waals surface area contributed by atoms with Gasteiger partial charge in [0.15, 0.2) is 0 Å². The van der Waals surface area contributed by atoms with Crippen LogP contribution in [0.15, 0.2) is 108 Å². The van der Waals surface area contributed by atoms with Crippen LogP contribution in [0.2, 0.25) is 0 Å². The smallest absolute Gasteiger partial charge is 0.221 e. The number of nitrogens with zero attached hydrogens (tertiary/aromatic N) is 2. The Morgan fingerprint density at radius 1 is 0.846 bits per heavy atom. The predicted molar refractivity (Wildman–Crippen MR) is 108 cm³/mol. The van der Waals surface area contributed by atoms with Gasteiger partial charge in [-0.1, -0.05) is 66.7 Å². The summed E-state index contributed by atoms with van der Waals surface area (Å²) in [6, 6.07) is 29.9. The van der Waals surface area contributed by atoms with Crippen molar-refractivity contribution in [3.05, 3.63) is 109 Å². The molecule has 0 N–H and O–H groups in total. The van der Waals surface area contributed by atoms with Gasteiger partial charge < -0.3 is 9.64 Å². The lowest BCUT2D eigenvalue weighted by Crippen LogP contribution is -2.12. The molecule has 0 bridgehead atoms. The first kappa shape index (κ1) is 17.5. The van der Waals surface area contributed by atoms with E-state index in [9.17, 15) is 0 Å². The van der Waals surface area contributed by atoms with Crippen LogP contribution >= 0.6 is 0 Å². The monoisotopic (exact) mass is 342 g/mol. The molecule has 0 saturated heterocycles. The molecule has 0 unspecified atom stereocenters. The molecule has 0 aliphatic carbocycles. The molecule has 0 aliphatic heterocycles. The van der Waals surface area contributed by atoms with E-state index in [2.05, 4.69) is 22.0 Å². The fourth-order valence-electron chi connectivity index (χ4n) is 2.45. The molecule has 0 aliphatic rings. The normalized spacial score (nSPS) is 11.5. The SMILES string of the molecule is CN(C=CC(=Nc1ccccc1)Oc1ccccc1)Cc1ccccc1. The molecule has 0 radical (unpaired) electrons. The Balaban J connectivity index is 1.75. The standard InChI is InChI=1S/C23H22N2O/c1-25(19-20-11-5-2-6-12-20)18-17-23(24-21-13-7-3-8-14-21)26-22-15-9-4-10-16-22/h2-18H,19H2,1H3. The minimum Gasteiger partial charge on any atom is -0.439 e. The van der Waals surface area contributed by atoms with E-state index in [0.717, 1.165) is 18.0 Å². The van der Waals surface area contributed by atoms with Crippen molar-refractivity contribution >= 4 is 11.6 Å². The lowest BCUT2D eigenvalue weighted by molar-refractivity contribution is 0.450. The summed E-state index contributed by atoms with van der Waals surface area (Å²) < 4.78 is 5.96. The topological polar surface area (TPSA) is 24.8 Å². The zero-order chi connectivity index (χ0) is 18.0. The highest BCUT2D eigenvalue weighted by atomic mass is 16.5. The van der Waals surface area contributed by atoms with E-state index in [1.54, 1.807) is 0 Å². The lowest BCUT2D eigenvalue weighted by Gasteiger charge is -2.14. The van der Waals surface area contributed by atoms with E-state index in [1.807, 2.05) is 98.2 Å². The molecular weight excluding hydrogens is 320 g/mol. The maximum Gasteiger partial charge on any atom is 0.221 e. The van der Waals surface area contributed by atoms with E-state index in [4.69, 9.17) is 4.74 Å². The quantitative estimate of drug-likeness (QED) is 0.440. The zero-order valence-corrected chi connectivity index (χ0v) is 14.8. The second-order valence-electron chi connectivity index (χ2n) is 5.92. The fourth-order valence-corrected chi connectivity index (χ4v) is 2.45. The van der Waals surface area contributed by atoms with Gasteiger partial charge in [0, 0.05) is 25.9 Å². The van der Waals surface area contributed by atoms with Gasteiger partial charge in [-0.2, -0.15) is 0 Å². The molecule has 26 heavy (non-hydrogen) atoms. The molecule has 3 aromatic rings. The molecule has 0 amide bonds. The molecule has 3 aromatic carbocycles. The fraction of sp³-hybridized carbons (Fsp3) is 0.0870. The Bertz CT molecular complexity index is 843. The maximum atomic E-state index is 5.96. The van der Waals surface area contributed by atoms with Crippen LogP contribution < -0.4 is 4.74 Å². The van der Waals surface area contributed by atoms with Crippen LogP contribution in [0.25, 0.3) is 0 Å². The van der Waals surface area contributed by atoms with Crippen LogP contribution in [0.3, 0.4) is 0 Å². The van der Waals surface area contributed by atoms with Crippen molar-refractivity contribution in [3.63, 3.8) is 0 Å². The maximum absolute atomic E-state index is 5.96. The van der Waals surface area contributed by atoms with E-state index in [1.165, 1.54) is 5.56 Å². The summed E-state index contributed by atoms with van der Waals surface area (Å²) in [5, 5.41) is 0. The molecule has 0 heterocycles. The Kier molecular flexibility index (Phi) is 6.21. The van der Waals surface area contributed by atoms with Gasteiger partial charge in [-0.25, -0.2) is 4.99 Å². The molecule has 3 nitrogen and oxygen atoms in total. The van der Waals surface area contributed by atoms with Gasteiger partial charge >= 0.3 is 0 Å². The molecule has 3 rings (SSSR count). The minimum atomic E-state index is 0.544. The van der Waals surface area contributed by atoms with Gasteiger partial charge in [-0.15, -0.1) is 0 Å². The third-order valence-electron chi connectivity index (χ3n) is 3.71. The highest BCUT2D eigenvalue weighted by molar-refractivity contribution is 5.91. The Labute approximate surface area is 154 Å². The summed E-state index contributed by atoms with van der Waals surface area (Å²) in [5.74, 6) is 1.31. The molecule has 130 valence electrons. The zero-order valence-electron chi connectivity index (χ0n) is 14.8. The number of para-hydroxylation sites is 2. The van der Waals surface area contributed by atoms with Gasteiger partial charge in [0.2, 0.25) is 5.90 Å². The highest BCUT2D eigenvalue weighted by Crippen LogP contribution is 2.14. The average Bonchev–Trinajstić information content (AvgIpc) is 2.68. The summed E-state index contributed by atoms with van der Waals surface area (Å²) in [5.41, 5.74) is 2.11. The van der Waals surface area contributed by atoms with E-state index in [0.29, 0.717) is 5.90 Å². The van der Waals surface area contributed by atoms with Gasteiger partial charge in [-0.05, 0) is 29.8 Å². The summed E-state index contributed by atoms with van der Waals surface area (Å²) in [6.45, 7) is 0.821. The van der Waals surface area contributed by atoms with Crippen LogP contribution in [0.5, 0.6) is 5.75 Å². The molecule has 3 heteroatoms. The molecule has 0 atom stereocenters. The molecule has 0 aromatic heterocycles. The van der Waals surface area contributed by atoms with E-state index >= 15 is 0 Å². The van der Waals surface area contributed by atoms with Crippen LogP contribution in [0, 0.1) is 0 Å². The Morgan fingerprint density at radius 2 is 1.42 bits per heavy atom. The van der Waals surface area contributed by atoms with Crippen LogP contribution in [0.1, 0.15) is 5.56 Å². The summed E-state index contributed by atoms with van der Waals surface area (Å²) in [4.78, 5) is 6.72. The summed E-state index contributed by atoms with van der Waals surface area (Å²) in [7, 11) is 2.03. The molecule has 0 spiro atoms. The average molecular weight is 342 g/mol. The number of hydrogen-bond acceptors (Lipinski definition) is 3. The van der Waals surface area contributed by atoms with E-state index < -0.39 is 0 Å². The van der Waals surface area contributed by atoms with Crippen molar-refractivity contribution in [2.24, 2.45) is 4.99 Å². The summed E-state index contributed by atoms with van der Waals surface area (Å²) >= 11 is 0. The van der Waals surface area contributed by atoms with Crippen LogP contribution in [-0.4, -0.2) is 17.8 Å². The van der Waals surface area contributed by atoms with Crippen molar-refractivity contribution in [1.82, 2.24) is 4.90 Å². The van der Waals surface area contributed by atoms with Gasteiger partial charge in [-0.3, -0.25) is 0 Å². The van der Waals surface area contributed by atoms with Gasteiger partial charge in [0.05, 0.1) is 5.69 Å². The number of rotatable bonds is 6. The molecule has 0 fully saturated rings. The first-order valence-corrected chi connectivity index (χ1v) is 8.58. The number of hydrogen-bond donors (Lipinski definition) is 0. The van der Waals surface area contributed by atoms with Crippen molar-refractivity contribution in [2.75, 3.05) is 7.05 Å². The third kappa shape index (κ3) is 5.64. The van der Waals surface area contributed by atoms with Crippen molar-refractivity contribution < 1.29 is 4.74 Å². The minimum absolute atomic E-state index is 0.544. The van der Waals surface area contributed by atoms with Crippen molar-refractivity contribution in [3.8, 4) is 5.75 Å². The third-order valence-corrected chi connectivity index (χ3v) is 3.71. The predicted octanol–water partition coefficient (Wildman–Crippen LogP) is 5.44. The molecular formula is C23H22N2O. The second-order valence-corrected chi connectivity index (χ2v) is 5.92. The van der Waals surface area contributed by atoms with Crippen molar-refractivity contribution in [1.29, 1.82) is 0 Å². The van der Waals surface area contributed by atoms with Gasteiger partial charge in [0.1, 0.15) is 5.75 Å². The summed E-state index contributed by atoms with van der Waals surface area (Å²) in [6.07, 6.45) is 3.88. The number of benzene rings is 3. The Hall–Kier alpha value is -3.33. The second kappa shape index (κ2) is 9.23.